The van der Waals surface area contributed by atoms with Crippen LogP contribution in [0.3, 0.4) is 0 Å². The summed E-state index contributed by atoms with van der Waals surface area (Å²) >= 11 is 0. The minimum Gasteiger partial charge on any atom is -0.386 e. The first-order chi connectivity index (χ1) is 10.1. The molecule has 0 spiro atoms. The van der Waals surface area contributed by atoms with Crippen molar-refractivity contribution in [1.29, 1.82) is 0 Å². The van der Waals surface area contributed by atoms with E-state index in [2.05, 4.69) is 31.2 Å². The molecule has 2 N–H and O–H groups in total. The van der Waals surface area contributed by atoms with Gasteiger partial charge in [0.2, 0.25) is 0 Å². The molecule has 21 heavy (non-hydrogen) atoms. The van der Waals surface area contributed by atoms with Gasteiger partial charge >= 0.3 is 0 Å². The van der Waals surface area contributed by atoms with Gasteiger partial charge in [-0.1, -0.05) is 42.5 Å². The van der Waals surface area contributed by atoms with Crippen molar-refractivity contribution in [3.63, 3.8) is 0 Å². The Labute approximate surface area is 123 Å². The Balaban J connectivity index is 2.14. The third-order valence-electron chi connectivity index (χ3n) is 4.39. The second-order valence-electron chi connectivity index (χ2n) is 5.74. The average molecular weight is 276 g/mol. The first kappa shape index (κ1) is 12.6. The van der Waals surface area contributed by atoms with Gasteiger partial charge in [-0.05, 0) is 57.3 Å². The van der Waals surface area contributed by atoms with E-state index in [1.165, 1.54) is 21.7 Å². The van der Waals surface area contributed by atoms with Crippen molar-refractivity contribution in [1.82, 2.24) is 0 Å². The van der Waals surface area contributed by atoms with Gasteiger partial charge < -0.3 is 10.2 Å². The number of aliphatic hydroxyl groups excluding tert-OH is 2. The highest BCUT2D eigenvalue weighted by Crippen LogP contribution is 2.36. The van der Waals surface area contributed by atoms with Crippen LogP contribution in [0.5, 0.6) is 0 Å². The SMILES string of the molecule is Cc1cc2ccccc2c2cc3c(cc12)[C@H](O)[C@@H](O)C=C3. The van der Waals surface area contributed by atoms with Crippen LogP contribution in [0.1, 0.15) is 22.8 Å². The summed E-state index contributed by atoms with van der Waals surface area (Å²) in [7, 11) is 0. The van der Waals surface area contributed by atoms with Gasteiger partial charge in [0.15, 0.2) is 0 Å². The summed E-state index contributed by atoms with van der Waals surface area (Å²) in [5.41, 5.74) is 2.97. The summed E-state index contributed by atoms with van der Waals surface area (Å²) in [6.45, 7) is 2.09. The maximum absolute atomic E-state index is 10.2. The van der Waals surface area contributed by atoms with Crippen molar-refractivity contribution in [2.24, 2.45) is 0 Å². The largest absolute Gasteiger partial charge is 0.386 e. The molecule has 3 aromatic rings. The lowest BCUT2D eigenvalue weighted by Gasteiger charge is -2.23. The lowest BCUT2D eigenvalue weighted by Crippen LogP contribution is -2.19. The highest BCUT2D eigenvalue weighted by atomic mass is 16.3. The van der Waals surface area contributed by atoms with Crippen LogP contribution < -0.4 is 0 Å². The molecule has 0 fully saturated rings. The standard InChI is InChI=1S/C19H16O2/c1-11-8-12-4-2-3-5-14(12)17-9-13-6-7-18(20)19(21)16(13)10-15(11)17/h2-10,18-21H,1H3/t18-,19-/m0/s1. The van der Waals surface area contributed by atoms with E-state index in [1.807, 2.05) is 24.3 Å². The normalized spacial score (nSPS) is 20.9. The molecular weight excluding hydrogens is 260 g/mol. The smallest absolute Gasteiger partial charge is 0.109 e. The molecule has 104 valence electrons. The molecule has 0 bridgehead atoms. The minimum atomic E-state index is -0.847. The van der Waals surface area contributed by atoms with Crippen LogP contribution in [0.2, 0.25) is 0 Å². The zero-order valence-corrected chi connectivity index (χ0v) is 11.7. The number of fused-ring (bicyclic) bond motifs is 4. The lowest BCUT2D eigenvalue weighted by atomic mass is 9.87. The van der Waals surface area contributed by atoms with Crippen molar-refractivity contribution in [2.45, 2.75) is 19.1 Å². The number of hydrogen-bond acceptors (Lipinski definition) is 2. The molecule has 0 aromatic heterocycles. The zero-order valence-electron chi connectivity index (χ0n) is 11.7. The van der Waals surface area contributed by atoms with E-state index in [0.717, 1.165) is 16.5 Å². The van der Waals surface area contributed by atoms with Crippen molar-refractivity contribution < 1.29 is 10.2 Å². The molecule has 1 aliphatic carbocycles. The highest BCUT2D eigenvalue weighted by Gasteiger charge is 2.23. The maximum atomic E-state index is 10.2. The van der Waals surface area contributed by atoms with E-state index < -0.39 is 12.2 Å². The van der Waals surface area contributed by atoms with Gasteiger partial charge in [-0.3, -0.25) is 0 Å². The Kier molecular flexibility index (Phi) is 2.64. The fourth-order valence-corrected chi connectivity index (χ4v) is 3.25. The summed E-state index contributed by atoms with van der Waals surface area (Å²) in [6.07, 6.45) is 1.87. The van der Waals surface area contributed by atoms with Gasteiger partial charge in [-0.2, -0.15) is 0 Å². The average Bonchev–Trinajstić information content (AvgIpc) is 2.50. The molecule has 3 aromatic carbocycles. The second kappa shape index (κ2) is 4.42. The summed E-state index contributed by atoms with van der Waals surface area (Å²) in [5.74, 6) is 0. The van der Waals surface area contributed by atoms with Gasteiger partial charge in [0, 0.05) is 0 Å². The Morgan fingerprint density at radius 1 is 0.905 bits per heavy atom. The molecule has 2 nitrogen and oxygen atoms in total. The summed E-state index contributed by atoms with van der Waals surface area (Å²) in [6, 6.07) is 14.6. The highest BCUT2D eigenvalue weighted by molar-refractivity contribution is 6.09. The van der Waals surface area contributed by atoms with Crippen LogP contribution in [-0.2, 0) is 0 Å². The van der Waals surface area contributed by atoms with Crippen molar-refractivity contribution >= 4 is 27.6 Å². The van der Waals surface area contributed by atoms with E-state index in [1.54, 1.807) is 6.08 Å². The fraction of sp³-hybridized carbons (Fsp3) is 0.158. The van der Waals surface area contributed by atoms with Gasteiger partial charge in [0.25, 0.3) is 0 Å². The predicted octanol–water partition coefficient (Wildman–Crippen LogP) is 3.72. The van der Waals surface area contributed by atoms with Gasteiger partial charge in [0.1, 0.15) is 12.2 Å². The predicted molar refractivity (Wildman–Crippen MR) is 86.2 cm³/mol. The second-order valence-corrected chi connectivity index (χ2v) is 5.74. The molecule has 1 aliphatic rings. The van der Waals surface area contributed by atoms with E-state index in [0.29, 0.717) is 0 Å². The number of rotatable bonds is 0. The molecular formula is C19H16O2. The van der Waals surface area contributed by atoms with E-state index >= 15 is 0 Å². The first-order valence-electron chi connectivity index (χ1n) is 7.15. The van der Waals surface area contributed by atoms with Crippen molar-refractivity contribution in [3.8, 4) is 0 Å². The van der Waals surface area contributed by atoms with Crippen LogP contribution in [0, 0.1) is 6.92 Å². The molecule has 2 heteroatoms. The third kappa shape index (κ3) is 1.80. The summed E-state index contributed by atoms with van der Waals surface area (Å²) < 4.78 is 0. The van der Waals surface area contributed by atoms with Crippen molar-refractivity contribution in [3.05, 3.63) is 65.2 Å². The molecule has 4 rings (SSSR count). The van der Waals surface area contributed by atoms with E-state index in [4.69, 9.17) is 0 Å². The Bertz CT molecular complexity index is 893. The molecule has 2 atom stereocenters. The first-order valence-corrected chi connectivity index (χ1v) is 7.15. The van der Waals surface area contributed by atoms with Crippen LogP contribution >= 0.6 is 0 Å². The third-order valence-corrected chi connectivity index (χ3v) is 4.39. The van der Waals surface area contributed by atoms with Crippen LogP contribution in [0.4, 0.5) is 0 Å². The van der Waals surface area contributed by atoms with Crippen LogP contribution in [0.15, 0.2) is 48.5 Å². The Morgan fingerprint density at radius 3 is 2.57 bits per heavy atom. The van der Waals surface area contributed by atoms with E-state index in [-0.39, 0.29) is 0 Å². The topological polar surface area (TPSA) is 40.5 Å². The molecule has 0 saturated carbocycles. The number of aryl methyl sites for hydroxylation is 1. The summed E-state index contributed by atoms with van der Waals surface area (Å²) in [5, 5.41) is 24.8. The number of hydrogen-bond donors (Lipinski definition) is 2. The summed E-state index contributed by atoms with van der Waals surface area (Å²) in [4.78, 5) is 0. The molecule has 0 unspecified atom stereocenters. The molecule has 0 aliphatic heterocycles. The quantitative estimate of drug-likeness (QED) is 0.614. The molecule has 0 radical (unpaired) electrons. The lowest BCUT2D eigenvalue weighted by molar-refractivity contribution is 0.0471. The monoisotopic (exact) mass is 276 g/mol. The Morgan fingerprint density at radius 2 is 1.71 bits per heavy atom. The molecule has 0 heterocycles. The number of aliphatic hydroxyl groups is 2. The van der Waals surface area contributed by atoms with Crippen LogP contribution in [0.25, 0.3) is 27.6 Å². The van der Waals surface area contributed by atoms with Crippen LogP contribution in [-0.4, -0.2) is 16.3 Å². The maximum Gasteiger partial charge on any atom is 0.109 e. The zero-order chi connectivity index (χ0) is 14.6. The van der Waals surface area contributed by atoms with E-state index in [9.17, 15) is 10.2 Å². The van der Waals surface area contributed by atoms with Gasteiger partial charge in [-0.15, -0.1) is 0 Å². The number of benzene rings is 3. The van der Waals surface area contributed by atoms with Crippen molar-refractivity contribution in [2.75, 3.05) is 0 Å². The van der Waals surface area contributed by atoms with Gasteiger partial charge in [0.05, 0.1) is 0 Å². The fourth-order valence-electron chi connectivity index (χ4n) is 3.25. The Hall–Kier alpha value is -2.16. The minimum absolute atomic E-state index is 0.802. The van der Waals surface area contributed by atoms with Gasteiger partial charge in [-0.25, -0.2) is 0 Å². The molecule has 0 amide bonds. The molecule has 0 saturated heterocycles.